The third-order valence-electron chi connectivity index (χ3n) is 3.45. The average Bonchev–Trinajstić information content (AvgIpc) is 2.63. The van der Waals surface area contributed by atoms with Crippen molar-refractivity contribution in [3.8, 4) is 0 Å². The first-order valence-corrected chi connectivity index (χ1v) is 6.56. The maximum Gasteiger partial charge on any atom is 0.0762 e. The Morgan fingerprint density at radius 1 is 1.25 bits per heavy atom. The smallest absolute Gasteiger partial charge is 0.0762 e. The number of hydrogen-bond donors (Lipinski definition) is 1. The fourth-order valence-electron chi connectivity index (χ4n) is 2.47. The average molecular weight is 221 g/mol. The second-order valence-electron chi connectivity index (χ2n) is 4.90. The first-order chi connectivity index (χ1) is 7.84. The van der Waals surface area contributed by atoms with Gasteiger partial charge in [0.2, 0.25) is 0 Å². The third kappa shape index (κ3) is 3.63. The van der Waals surface area contributed by atoms with Crippen molar-refractivity contribution in [2.45, 2.75) is 57.5 Å². The van der Waals surface area contributed by atoms with E-state index in [0.29, 0.717) is 6.04 Å². The summed E-state index contributed by atoms with van der Waals surface area (Å²) in [6.45, 7) is 0.922. The van der Waals surface area contributed by atoms with E-state index >= 15 is 0 Å². The van der Waals surface area contributed by atoms with Gasteiger partial charge in [0.25, 0.3) is 0 Å². The number of rotatable bonds is 3. The number of aromatic nitrogens is 2. The lowest BCUT2D eigenvalue weighted by molar-refractivity contribution is 0.387. The van der Waals surface area contributed by atoms with Gasteiger partial charge in [-0.25, -0.2) is 0 Å². The van der Waals surface area contributed by atoms with Gasteiger partial charge in [-0.05, 0) is 18.9 Å². The molecular weight excluding hydrogens is 198 g/mol. The molecule has 1 aliphatic carbocycles. The number of hydrogen-bond acceptors (Lipinski definition) is 2. The summed E-state index contributed by atoms with van der Waals surface area (Å²) < 4.78 is 1.87. The first-order valence-electron chi connectivity index (χ1n) is 6.56. The summed E-state index contributed by atoms with van der Waals surface area (Å²) >= 11 is 0. The molecule has 1 aromatic rings. The van der Waals surface area contributed by atoms with E-state index in [4.69, 9.17) is 0 Å². The molecule has 1 aromatic heterocycles. The van der Waals surface area contributed by atoms with Gasteiger partial charge in [0.1, 0.15) is 0 Å². The monoisotopic (exact) mass is 221 g/mol. The van der Waals surface area contributed by atoms with Crippen molar-refractivity contribution < 1.29 is 0 Å². The van der Waals surface area contributed by atoms with Crippen LogP contribution in [0, 0.1) is 0 Å². The van der Waals surface area contributed by atoms with Crippen molar-refractivity contribution in [2.75, 3.05) is 0 Å². The second-order valence-corrected chi connectivity index (χ2v) is 4.90. The van der Waals surface area contributed by atoms with E-state index in [0.717, 1.165) is 12.2 Å². The van der Waals surface area contributed by atoms with Gasteiger partial charge in [-0.1, -0.05) is 32.1 Å². The number of nitrogens with one attached hydrogen (secondary N) is 1. The van der Waals surface area contributed by atoms with E-state index in [2.05, 4.69) is 16.5 Å². The summed E-state index contributed by atoms with van der Waals surface area (Å²) in [6, 6.07) is 2.80. The first kappa shape index (κ1) is 11.6. The van der Waals surface area contributed by atoms with E-state index in [1.807, 2.05) is 17.9 Å². The molecular formula is C13H23N3. The molecule has 0 aromatic carbocycles. The van der Waals surface area contributed by atoms with Crippen molar-refractivity contribution in [1.82, 2.24) is 15.1 Å². The molecule has 1 heterocycles. The fourth-order valence-corrected chi connectivity index (χ4v) is 2.47. The maximum absolute atomic E-state index is 4.39. The highest BCUT2D eigenvalue weighted by Gasteiger charge is 2.10. The highest BCUT2D eigenvalue weighted by atomic mass is 15.3. The molecule has 1 N–H and O–H groups in total. The van der Waals surface area contributed by atoms with Crippen LogP contribution < -0.4 is 5.32 Å². The van der Waals surface area contributed by atoms with E-state index in [1.54, 1.807) is 0 Å². The Balaban J connectivity index is 1.75. The van der Waals surface area contributed by atoms with Gasteiger partial charge in [0, 0.05) is 25.8 Å². The second kappa shape index (κ2) is 6.04. The molecule has 3 heteroatoms. The minimum atomic E-state index is 0.710. The van der Waals surface area contributed by atoms with Crippen LogP contribution in [0.4, 0.5) is 0 Å². The molecule has 0 spiro atoms. The summed E-state index contributed by atoms with van der Waals surface area (Å²) in [7, 11) is 1.97. The predicted octanol–water partition coefficient (Wildman–Crippen LogP) is 2.62. The normalized spacial score (nSPS) is 19.3. The van der Waals surface area contributed by atoms with Crippen molar-refractivity contribution in [1.29, 1.82) is 0 Å². The van der Waals surface area contributed by atoms with Crippen LogP contribution >= 0.6 is 0 Å². The maximum atomic E-state index is 4.39. The van der Waals surface area contributed by atoms with Crippen LogP contribution in [0.1, 0.15) is 50.6 Å². The van der Waals surface area contributed by atoms with Crippen LogP contribution in [-0.4, -0.2) is 15.8 Å². The molecule has 3 nitrogen and oxygen atoms in total. The molecule has 2 rings (SSSR count). The molecule has 1 aliphatic rings. The zero-order valence-corrected chi connectivity index (χ0v) is 10.3. The van der Waals surface area contributed by atoms with E-state index < -0.39 is 0 Å². The summed E-state index contributed by atoms with van der Waals surface area (Å²) in [5, 5.41) is 8.03. The van der Waals surface area contributed by atoms with Crippen molar-refractivity contribution in [2.24, 2.45) is 7.05 Å². The van der Waals surface area contributed by atoms with Crippen LogP contribution in [0.2, 0.25) is 0 Å². The summed E-state index contributed by atoms with van der Waals surface area (Å²) in [4.78, 5) is 0. The highest BCUT2D eigenvalue weighted by molar-refractivity contribution is 4.98. The number of nitrogens with zero attached hydrogens (tertiary/aromatic N) is 2. The lowest BCUT2D eigenvalue weighted by Crippen LogP contribution is -2.29. The van der Waals surface area contributed by atoms with Gasteiger partial charge in [-0.3, -0.25) is 4.68 Å². The van der Waals surface area contributed by atoms with Gasteiger partial charge in [0.05, 0.1) is 5.69 Å². The Morgan fingerprint density at radius 3 is 2.56 bits per heavy atom. The molecule has 0 radical (unpaired) electrons. The standard InChI is InChI=1S/C13H23N3/c1-16-10-9-13(15-16)11-14-12-7-5-3-2-4-6-8-12/h9-10,12,14H,2-8,11H2,1H3. The van der Waals surface area contributed by atoms with E-state index in [9.17, 15) is 0 Å². The largest absolute Gasteiger partial charge is 0.308 e. The quantitative estimate of drug-likeness (QED) is 0.850. The van der Waals surface area contributed by atoms with Crippen LogP contribution in [-0.2, 0) is 13.6 Å². The van der Waals surface area contributed by atoms with Crippen LogP contribution in [0.15, 0.2) is 12.3 Å². The Hall–Kier alpha value is -0.830. The summed E-state index contributed by atoms with van der Waals surface area (Å²) in [5.41, 5.74) is 1.16. The predicted molar refractivity (Wildman–Crippen MR) is 66.2 cm³/mol. The van der Waals surface area contributed by atoms with Crippen molar-refractivity contribution in [3.63, 3.8) is 0 Å². The van der Waals surface area contributed by atoms with Gasteiger partial charge in [-0.15, -0.1) is 0 Å². The lowest BCUT2D eigenvalue weighted by atomic mass is 9.97. The van der Waals surface area contributed by atoms with Crippen LogP contribution in [0.25, 0.3) is 0 Å². The molecule has 16 heavy (non-hydrogen) atoms. The van der Waals surface area contributed by atoms with Gasteiger partial charge in [0.15, 0.2) is 0 Å². The molecule has 1 fully saturated rings. The van der Waals surface area contributed by atoms with Gasteiger partial charge < -0.3 is 5.32 Å². The zero-order valence-electron chi connectivity index (χ0n) is 10.3. The highest BCUT2D eigenvalue weighted by Crippen LogP contribution is 2.17. The molecule has 1 saturated carbocycles. The Labute approximate surface area is 98.2 Å². The minimum absolute atomic E-state index is 0.710. The fraction of sp³-hybridized carbons (Fsp3) is 0.769. The minimum Gasteiger partial charge on any atom is -0.308 e. The van der Waals surface area contributed by atoms with E-state index in [1.165, 1.54) is 44.9 Å². The summed E-state index contributed by atoms with van der Waals surface area (Å²) in [5.74, 6) is 0. The lowest BCUT2D eigenvalue weighted by Gasteiger charge is -2.20. The van der Waals surface area contributed by atoms with Gasteiger partial charge in [-0.2, -0.15) is 5.10 Å². The van der Waals surface area contributed by atoms with Crippen molar-refractivity contribution >= 4 is 0 Å². The van der Waals surface area contributed by atoms with E-state index in [-0.39, 0.29) is 0 Å². The number of aryl methyl sites for hydroxylation is 1. The molecule has 0 aliphatic heterocycles. The molecule has 0 amide bonds. The molecule has 0 bridgehead atoms. The van der Waals surface area contributed by atoms with Gasteiger partial charge >= 0.3 is 0 Å². The Bertz CT molecular complexity index is 298. The molecule has 90 valence electrons. The zero-order chi connectivity index (χ0) is 11.2. The molecule has 0 saturated heterocycles. The Morgan fingerprint density at radius 2 is 1.94 bits per heavy atom. The third-order valence-corrected chi connectivity index (χ3v) is 3.45. The summed E-state index contributed by atoms with van der Waals surface area (Å²) in [6.07, 6.45) is 11.7. The SMILES string of the molecule is Cn1ccc(CNC2CCCCCCC2)n1. The van der Waals surface area contributed by atoms with Crippen LogP contribution in [0.3, 0.4) is 0 Å². The topological polar surface area (TPSA) is 29.9 Å². The molecule has 0 unspecified atom stereocenters. The Kier molecular flexibility index (Phi) is 4.40. The van der Waals surface area contributed by atoms with Crippen LogP contribution in [0.5, 0.6) is 0 Å². The van der Waals surface area contributed by atoms with Crippen molar-refractivity contribution in [3.05, 3.63) is 18.0 Å². The molecule has 0 atom stereocenters.